The maximum atomic E-state index is 13.0. The molecule has 33 heavy (non-hydrogen) atoms. The van der Waals surface area contributed by atoms with E-state index in [-0.39, 0.29) is 42.3 Å². The maximum absolute atomic E-state index is 13.0. The number of ether oxygens (including phenoxy) is 2. The van der Waals surface area contributed by atoms with Crippen molar-refractivity contribution < 1.29 is 27.5 Å². The van der Waals surface area contributed by atoms with Crippen LogP contribution in [0.4, 0.5) is 11.4 Å². The summed E-state index contributed by atoms with van der Waals surface area (Å²) in [5, 5.41) is 5.69. The minimum atomic E-state index is -3.71. The van der Waals surface area contributed by atoms with Gasteiger partial charge in [-0.1, -0.05) is 12.1 Å². The molecule has 178 valence electrons. The zero-order chi connectivity index (χ0) is 24.0. The summed E-state index contributed by atoms with van der Waals surface area (Å²) in [6, 6.07) is 11.3. The molecule has 0 aromatic heterocycles. The van der Waals surface area contributed by atoms with Gasteiger partial charge in [-0.2, -0.15) is 4.31 Å². The van der Waals surface area contributed by atoms with E-state index >= 15 is 0 Å². The molecule has 0 bridgehead atoms. The third kappa shape index (κ3) is 6.31. The lowest BCUT2D eigenvalue weighted by Crippen LogP contribution is -2.40. The number of hydrogen-bond donors (Lipinski definition) is 2. The van der Waals surface area contributed by atoms with Crippen LogP contribution in [-0.2, 0) is 19.6 Å². The van der Waals surface area contributed by atoms with Crippen LogP contribution in [0.5, 0.6) is 5.75 Å². The van der Waals surface area contributed by atoms with Crippen LogP contribution in [0, 0.1) is 0 Å². The first-order chi connectivity index (χ1) is 15.7. The third-order valence-electron chi connectivity index (χ3n) is 4.94. The molecule has 10 heteroatoms. The van der Waals surface area contributed by atoms with Gasteiger partial charge in [0, 0.05) is 18.7 Å². The molecule has 1 fully saturated rings. The summed E-state index contributed by atoms with van der Waals surface area (Å²) in [5.41, 5.74) is 1.21. The molecular formula is C23H29N3O6S. The molecule has 2 aromatic rings. The van der Waals surface area contributed by atoms with Crippen molar-refractivity contribution in [2.24, 2.45) is 0 Å². The van der Waals surface area contributed by atoms with Gasteiger partial charge in [0.1, 0.15) is 5.75 Å². The highest BCUT2D eigenvalue weighted by molar-refractivity contribution is 7.89. The van der Waals surface area contributed by atoms with E-state index in [4.69, 9.17) is 9.47 Å². The van der Waals surface area contributed by atoms with Crippen LogP contribution in [-0.4, -0.2) is 63.4 Å². The summed E-state index contributed by atoms with van der Waals surface area (Å²) >= 11 is 0. The molecule has 0 spiro atoms. The number of para-hydroxylation sites is 1. The molecule has 9 nitrogen and oxygen atoms in total. The summed E-state index contributed by atoms with van der Waals surface area (Å²) in [4.78, 5) is 24.4. The second-order valence-electron chi connectivity index (χ2n) is 7.84. The number of rotatable bonds is 9. The van der Waals surface area contributed by atoms with E-state index in [2.05, 4.69) is 10.6 Å². The predicted octanol–water partition coefficient (Wildman–Crippen LogP) is 2.75. The van der Waals surface area contributed by atoms with E-state index in [0.29, 0.717) is 35.9 Å². The molecule has 1 saturated heterocycles. The number of Topliss-reactive ketones (excluding diaryl/α,β-unsaturated/α-hetero) is 1. The van der Waals surface area contributed by atoms with E-state index < -0.39 is 10.0 Å². The average Bonchev–Trinajstić information content (AvgIpc) is 2.78. The van der Waals surface area contributed by atoms with Gasteiger partial charge >= 0.3 is 0 Å². The number of ketones is 1. The van der Waals surface area contributed by atoms with E-state index in [0.717, 1.165) is 0 Å². The molecule has 1 amide bonds. The highest BCUT2D eigenvalue weighted by atomic mass is 32.2. The number of carbonyl (C=O) groups is 2. The van der Waals surface area contributed by atoms with Crippen LogP contribution >= 0.6 is 0 Å². The number of amides is 1. The SMILES string of the molecule is CC(=O)c1ccccc1NC(=O)CNc1cc(S(=O)(=O)N2CCOCC2)ccc1OC(C)C. The standard InChI is InChI=1S/C23H29N3O6S/c1-16(2)32-22-9-8-18(33(29,30)26-10-12-31-13-11-26)14-21(22)24-15-23(28)25-20-7-5-4-6-19(20)17(3)27/h4-9,14,16,24H,10-13,15H2,1-3H3,(H,25,28). The van der Waals surface area contributed by atoms with Crippen LogP contribution in [0.2, 0.25) is 0 Å². The van der Waals surface area contributed by atoms with E-state index in [1.54, 1.807) is 30.3 Å². The Bertz CT molecular complexity index is 1110. The number of morpholine rings is 1. The van der Waals surface area contributed by atoms with E-state index in [9.17, 15) is 18.0 Å². The number of sulfonamides is 1. The molecule has 1 aliphatic rings. The smallest absolute Gasteiger partial charge is 0.243 e. The second kappa shape index (κ2) is 10.8. The highest BCUT2D eigenvalue weighted by Crippen LogP contribution is 2.30. The molecule has 1 heterocycles. The first-order valence-corrected chi connectivity index (χ1v) is 12.1. The Balaban J connectivity index is 1.79. The maximum Gasteiger partial charge on any atom is 0.243 e. The van der Waals surface area contributed by atoms with Gasteiger partial charge in [-0.15, -0.1) is 0 Å². The van der Waals surface area contributed by atoms with Gasteiger partial charge in [-0.05, 0) is 51.1 Å². The first kappa shape index (κ1) is 24.7. The molecule has 2 aromatic carbocycles. The Morgan fingerprint density at radius 2 is 1.79 bits per heavy atom. The van der Waals surface area contributed by atoms with Crippen molar-refractivity contribution in [3.05, 3.63) is 48.0 Å². The van der Waals surface area contributed by atoms with Gasteiger partial charge in [-0.25, -0.2) is 8.42 Å². The fourth-order valence-electron chi connectivity index (χ4n) is 3.37. The number of benzene rings is 2. The number of nitrogens with zero attached hydrogens (tertiary/aromatic N) is 1. The Labute approximate surface area is 194 Å². The van der Waals surface area contributed by atoms with Crippen molar-refractivity contribution in [2.75, 3.05) is 43.5 Å². The molecule has 3 rings (SSSR count). The largest absolute Gasteiger partial charge is 0.489 e. The molecule has 0 unspecified atom stereocenters. The topological polar surface area (TPSA) is 114 Å². The van der Waals surface area contributed by atoms with E-state index in [1.807, 2.05) is 13.8 Å². The summed E-state index contributed by atoms with van der Waals surface area (Å²) < 4.78 is 38.5. The van der Waals surface area contributed by atoms with E-state index in [1.165, 1.54) is 23.4 Å². The van der Waals surface area contributed by atoms with Gasteiger partial charge in [0.25, 0.3) is 0 Å². The fraction of sp³-hybridized carbons (Fsp3) is 0.391. The first-order valence-electron chi connectivity index (χ1n) is 10.7. The van der Waals surface area contributed by atoms with Crippen molar-refractivity contribution >= 4 is 33.1 Å². The Morgan fingerprint density at radius 1 is 1.09 bits per heavy atom. The Morgan fingerprint density at radius 3 is 2.45 bits per heavy atom. The summed E-state index contributed by atoms with van der Waals surface area (Å²) in [7, 11) is -3.71. The second-order valence-corrected chi connectivity index (χ2v) is 9.78. The van der Waals surface area contributed by atoms with Crippen LogP contribution in [0.25, 0.3) is 0 Å². The third-order valence-corrected chi connectivity index (χ3v) is 6.84. The van der Waals surface area contributed by atoms with Gasteiger partial charge in [0.2, 0.25) is 15.9 Å². The van der Waals surface area contributed by atoms with Crippen LogP contribution in [0.15, 0.2) is 47.4 Å². The van der Waals surface area contributed by atoms with Crippen LogP contribution < -0.4 is 15.4 Å². The number of nitrogens with one attached hydrogen (secondary N) is 2. The van der Waals surface area contributed by atoms with Gasteiger partial charge in [-0.3, -0.25) is 9.59 Å². The number of hydrogen-bond acceptors (Lipinski definition) is 7. The molecule has 0 aliphatic carbocycles. The van der Waals surface area contributed by atoms with Gasteiger partial charge in [0.15, 0.2) is 5.78 Å². The number of carbonyl (C=O) groups excluding carboxylic acids is 2. The van der Waals surface area contributed by atoms with Gasteiger partial charge in [0.05, 0.1) is 42.1 Å². The quantitative estimate of drug-likeness (QED) is 0.536. The van der Waals surface area contributed by atoms with Crippen molar-refractivity contribution in [1.82, 2.24) is 4.31 Å². The lowest BCUT2D eigenvalue weighted by molar-refractivity contribution is -0.114. The molecule has 2 N–H and O–H groups in total. The molecule has 0 atom stereocenters. The van der Waals surface area contributed by atoms with Crippen LogP contribution in [0.1, 0.15) is 31.1 Å². The van der Waals surface area contributed by atoms with Crippen molar-refractivity contribution in [3.63, 3.8) is 0 Å². The minimum absolute atomic E-state index is 0.102. The number of anilines is 2. The zero-order valence-corrected chi connectivity index (χ0v) is 19.8. The summed E-state index contributed by atoms with van der Waals surface area (Å²) in [6.45, 7) is 6.25. The van der Waals surface area contributed by atoms with Gasteiger partial charge < -0.3 is 20.1 Å². The minimum Gasteiger partial charge on any atom is -0.489 e. The molecular weight excluding hydrogens is 446 g/mol. The average molecular weight is 476 g/mol. The summed E-state index contributed by atoms with van der Waals surface area (Å²) in [5.74, 6) is -0.115. The lowest BCUT2D eigenvalue weighted by atomic mass is 10.1. The van der Waals surface area contributed by atoms with Crippen molar-refractivity contribution in [1.29, 1.82) is 0 Å². The Hall–Kier alpha value is -2.95. The molecule has 0 radical (unpaired) electrons. The highest BCUT2D eigenvalue weighted by Gasteiger charge is 2.27. The van der Waals surface area contributed by atoms with Crippen molar-refractivity contribution in [2.45, 2.75) is 31.8 Å². The monoisotopic (exact) mass is 475 g/mol. The fourth-order valence-corrected chi connectivity index (χ4v) is 4.80. The lowest BCUT2D eigenvalue weighted by Gasteiger charge is -2.26. The zero-order valence-electron chi connectivity index (χ0n) is 19.0. The van der Waals surface area contributed by atoms with Crippen LogP contribution in [0.3, 0.4) is 0 Å². The van der Waals surface area contributed by atoms with Crippen molar-refractivity contribution in [3.8, 4) is 5.75 Å². The molecule has 0 saturated carbocycles. The Kier molecular flexibility index (Phi) is 8.06. The normalized spacial score (nSPS) is 14.7. The predicted molar refractivity (Wildman–Crippen MR) is 125 cm³/mol. The summed E-state index contributed by atoms with van der Waals surface area (Å²) in [6.07, 6.45) is -0.150. The molecule has 1 aliphatic heterocycles.